The summed E-state index contributed by atoms with van der Waals surface area (Å²) in [5.74, 6) is -1.38. The van der Waals surface area contributed by atoms with Crippen LogP contribution in [0.15, 0.2) is 70.0 Å². The number of carbonyl (C=O) groups is 4. The zero-order valence-corrected chi connectivity index (χ0v) is 18.2. The number of aromatic carboxylic acids is 1. The molecule has 0 spiro atoms. The molecule has 0 bridgehead atoms. The molecule has 166 valence electrons. The quantitative estimate of drug-likeness (QED) is 0.513. The summed E-state index contributed by atoms with van der Waals surface area (Å²) in [6.07, 6.45) is 1.43. The van der Waals surface area contributed by atoms with Gasteiger partial charge in [-0.05, 0) is 54.6 Å². The largest absolute Gasteiger partial charge is 0.478 e. The number of nitrogens with one attached hydrogen (secondary N) is 1. The molecule has 2 heterocycles. The van der Waals surface area contributed by atoms with Gasteiger partial charge in [0.05, 0.1) is 10.5 Å². The van der Waals surface area contributed by atoms with Gasteiger partial charge >= 0.3 is 5.97 Å². The second-order valence-corrected chi connectivity index (χ2v) is 8.21. The average Bonchev–Trinajstić information content (AvgIpc) is 3.36. The highest BCUT2D eigenvalue weighted by molar-refractivity contribution is 8.18. The summed E-state index contributed by atoms with van der Waals surface area (Å²) >= 11 is 0.720. The Morgan fingerprint density at radius 1 is 1.09 bits per heavy atom. The molecule has 8 nitrogen and oxygen atoms in total. The third-order valence-corrected chi connectivity index (χ3v) is 5.80. The minimum Gasteiger partial charge on any atom is -0.478 e. The lowest BCUT2D eigenvalue weighted by atomic mass is 10.1. The number of carbonyl (C=O) groups excluding carboxylic acids is 3. The van der Waals surface area contributed by atoms with Crippen molar-refractivity contribution in [2.75, 3.05) is 11.9 Å². The van der Waals surface area contributed by atoms with Gasteiger partial charge in [-0.3, -0.25) is 19.3 Å². The summed E-state index contributed by atoms with van der Waals surface area (Å²) in [5.41, 5.74) is 2.16. The Labute approximate surface area is 192 Å². The van der Waals surface area contributed by atoms with E-state index in [2.05, 4.69) is 5.32 Å². The standard InChI is InChI=1S/C24H18N2O6S/c1-14-5-2-3-8-18(14)25-21(27)13-26-22(28)20(33-24(26)31)12-17-9-10-19(32-17)15-6-4-7-16(11-15)23(29)30/h2-12H,13H2,1H3,(H,25,27)(H,29,30)/b20-12+. The Morgan fingerprint density at radius 3 is 2.64 bits per heavy atom. The van der Waals surface area contributed by atoms with Crippen molar-refractivity contribution in [3.63, 3.8) is 0 Å². The molecular weight excluding hydrogens is 444 g/mol. The molecule has 9 heteroatoms. The fourth-order valence-electron chi connectivity index (χ4n) is 3.20. The van der Waals surface area contributed by atoms with Crippen LogP contribution in [0.4, 0.5) is 10.5 Å². The fourth-order valence-corrected chi connectivity index (χ4v) is 4.02. The highest BCUT2D eigenvalue weighted by Crippen LogP contribution is 2.33. The molecule has 1 aromatic heterocycles. The molecule has 1 aliphatic rings. The number of hydrogen-bond acceptors (Lipinski definition) is 6. The van der Waals surface area contributed by atoms with E-state index >= 15 is 0 Å². The van der Waals surface area contributed by atoms with Crippen LogP contribution in [-0.4, -0.2) is 39.6 Å². The second-order valence-electron chi connectivity index (χ2n) is 7.22. The number of nitrogens with zero attached hydrogens (tertiary/aromatic N) is 1. The smallest absolute Gasteiger partial charge is 0.335 e. The molecule has 2 aromatic carbocycles. The summed E-state index contributed by atoms with van der Waals surface area (Å²) in [7, 11) is 0. The third kappa shape index (κ3) is 4.88. The zero-order valence-electron chi connectivity index (χ0n) is 17.4. The van der Waals surface area contributed by atoms with Gasteiger partial charge in [0.2, 0.25) is 5.91 Å². The second kappa shape index (κ2) is 9.17. The van der Waals surface area contributed by atoms with E-state index in [1.807, 2.05) is 19.1 Å². The normalized spacial score (nSPS) is 14.7. The van der Waals surface area contributed by atoms with Crippen molar-refractivity contribution in [3.05, 3.63) is 82.5 Å². The number of benzene rings is 2. The maximum Gasteiger partial charge on any atom is 0.335 e. The van der Waals surface area contributed by atoms with E-state index in [0.29, 0.717) is 22.8 Å². The Bertz CT molecular complexity index is 1310. The van der Waals surface area contributed by atoms with Crippen LogP contribution in [0.3, 0.4) is 0 Å². The number of amides is 3. The van der Waals surface area contributed by atoms with Crippen LogP contribution >= 0.6 is 11.8 Å². The number of furan rings is 1. The van der Waals surface area contributed by atoms with Crippen molar-refractivity contribution in [1.82, 2.24) is 4.90 Å². The SMILES string of the molecule is Cc1ccccc1NC(=O)CN1C(=O)S/C(=C/c2ccc(-c3cccc(C(=O)O)c3)o2)C1=O. The van der Waals surface area contributed by atoms with Gasteiger partial charge in [0.1, 0.15) is 18.1 Å². The van der Waals surface area contributed by atoms with E-state index in [-0.39, 0.29) is 10.5 Å². The van der Waals surface area contributed by atoms with Crippen molar-refractivity contribution in [1.29, 1.82) is 0 Å². The number of hydrogen-bond donors (Lipinski definition) is 2. The lowest BCUT2D eigenvalue weighted by Crippen LogP contribution is -2.36. The van der Waals surface area contributed by atoms with Gasteiger partial charge in [0.15, 0.2) is 0 Å². The number of carboxylic acid groups (broad SMARTS) is 1. The lowest BCUT2D eigenvalue weighted by Gasteiger charge is -2.13. The van der Waals surface area contributed by atoms with Gasteiger partial charge in [0.25, 0.3) is 11.1 Å². The molecule has 0 atom stereocenters. The van der Waals surface area contributed by atoms with E-state index < -0.39 is 29.6 Å². The molecule has 4 rings (SSSR count). The summed E-state index contributed by atoms with van der Waals surface area (Å²) in [6, 6.07) is 16.7. The number of aryl methyl sites for hydroxylation is 1. The Kier molecular flexibility index (Phi) is 6.14. The Morgan fingerprint density at radius 2 is 1.88 bits per heavy atom. The molecule has 3 amide bonds. The minimum atomic E-state index is -1.05. The molecular formula is C24H18N2O6S. The summed E-state index contributed by atoms with van der Waals surface area (Å²) < 4.78 is 5.71. The number of thioether (sulfide) groups is 1. The summed E-state index contributed by atoms with van der Waals surface area (Å²) in [6.45, 7) is 1.44. The molecule has 1 fully saturated rings. The topological polar surface area (TPSA) is 117 Å². The van der Waals surface area contributed by atoms with Crippen LogP contribution in [0.2, 0.25) is 0 Å². The number of para-hydroxylation sites is 1. The van der Waals surface area contributed by atoms with Crippen molar-refractivity contribution in [3.8, 4) is 11.3 Å². The first-order valence-corrected chi connectivity index (χ1v) is 10.7. The van der Waals surface area contributed by atoms with Gasteiger partial charge < -0.3 is 14.8 Å². The molecule has 3 aromatic rings. The first-order valence-electron chi connectivity index (χ1n) is 9.86. The molecule has 0 saturated carbocycles. The Balaban J connectivity index is 1.47. The molecule has 1 aliphatic heterocycles. The van der Waals surface area contributed by atoms with Gasteiger partial charge in [0, 0.05) is 17.3 Å². The van der Waals surface area contributed by atoms with Gasteiger partial charge in [-0.2, -0.15) is 0 Å². The summed E-state index contributed by atoms with van der Waals surface area (Å²) in [4.78, 5) is 49.6. The van der Waals surface area contributed by atoms with Crippen LogP contribution in [0, 0.1) is 6.92 Å². The molecule has 1 saturated heterocycles. The first-order chi connectivity index (χ1) is 15.8. The van der Waals surface area contributed by atoms with Crippen LogP contribution in [0.1, 0.15) is 21.7 Å². The van der Waals surface area contributed by atoms with Crippen LogP contribution in [0.5, 0.6) is 0 Å². The average molecular weight is 462 g/mol. The molecule has 0 radical (unpaired) electrons. The number of rotatable bonds is 6. The lowest BCUT2D eigenvalue weighted by molar-refractivity contribution is -0.127. The predicted molar refractivity (Wildman–Crippen MR) is 124 cm³/mol. The van der Waals surface area contributed by atoms with E-state index in [0.717, 1.165) is 22.2 Å². The van der Waals surface area contributed by atoms with Crippen LogP contribution in [-0.2, 0) is 9.59 Å². The van der Waals surface area contributed by atoms with Crippen molar-refractivity contribution >= 4 is 46.5 Å². The van der Waals surface area contributed by atoms with Crippen molar-refractivity contribution in [2.24, 2.45) is 0 Å². The van der Waals surface area contributed by atoms with E-state index in [4.69, 9.17) is 9.52 Å². The number of imide groups is 1. The highest BCUT2D eigenvalue weighted by atomic mass is 32.2. The monoisotopic (exact) mass is 462 g/mol. The van der Waals surface area contributed by atoms with E-state index in [1.165, 1.54) is 18.2 Å². The predicted octanol–water partition coefficient (Wildman–Crippen LogP) is 4.63. The number of anilines is 1. The van der Waals surface area contributed by atoms with E-state index in [1.54, 1.807) is 36.4 Å². The van der Waals surface area contributed by atoms with Crippen LogP contribution < -0.4 is 5.32 Å². The maximum absolute atomic E-state index is 12.7. The molecule has 33 heavy (non-hydrogen) atoms. The number of carboxylic acids is 1. The third-order valence-electron chi connectivity index (χ3n) is 4.89. The summed E-state index contributed by atoms with van der Waals surface area (Å²) in [5, 5.41) is 11.3. The Hall–Kier alpha value is -4.11. The first kappa shape index (κ1) is 22.1. The fraction of sp³-hybridized carbons (Fsp3) is 0.0833. The zero-order chi connectivity index (χ0) is 23.5. The van der Waals surface area contributed by atoms with Crippen LogP contribution in [0.25, 0.3) is 17.4 Å². The van der Waals surface area contributed by atoms with Crippen molar-refractivity contribution in [2.45, 2.75) is 6.92 Å². The molecule has 2 N–H and O–H groups in total. The van der Waals surface area contributed by atoms with Gasteiger partial charge in [-0.15, -0.1) is 0 Å². The van der Waals surface area contributed by atoms with Gasteiger partial charge in [-0.1, -0.05) is 30.3 Å². The van der Waals surface area contributed by atoms with Crippen molar-refractivity contribution < 1.29 is 28.7 Å². The van der Waals surface area contributed by atoms with Gasteiger partial charge in [-0.25, -0.2) is 4.79 Å². The highest BCUT2D eigenvalue weighted by Gasteiger charge is 2.36. The molecule has 0 aliphatic carbocycles. The maximum atomic E-state index is 12.7. The minimum absolute atomic E-state index is 0.121. The van der Waals surface area contributed by atoms with E-state index in [9.17, 15) is 19.2 Å². The molecule has 0 unspecified atom stereocenters.